The average Bonchev–Trinajstić information content (AvgIpc) is 2.26. The number of carboxylic acid groups (broad SMARTS) is 2. The van der Waals surface area contributed by atoms with Gasteiger partial charge in [-0.05, 0) is 25.9 Å². The van der Waals surface area contributed by atoms with Gasteiger partial charge in [-0.15, -0.1) is 0 Å². The fourth-order valence-corrected chi connectivity index (χ4v) is 2.49. The van der Waals surface area contributed by atoms with Gasteiger partial charge in [0, 0.05) is 12.1 Å². The lowest BCUT2D eigenvalue weighted by Gasteiger charge is -2.48. The second kappa shape index (κ2) is 6.70. The topological polar surface area (TPSA) is 98.7 Å². The van der Waals surface area contributed by atoms with E-state index in [0.717, 1.165) is 12.8 Å². The Morgan fingerprint density at radius 3 is 1.44 bits per heavy atom. The minimum atomic E-state index is -1.04. The summed E-state index contributed by atoms with van der Waals surface area (Å²) in [6, 6.07) is -0.592. The van der Waals surface area contributed by atoms with Gasteiger partial charge in [-0.3, -0.25) is 9.59 Å². The Bertz CT molecular complexity index is 278. The van der Waals surface area contributed by atoms with E-state index in [1.54, 1.807) is 0 Å². The second-order valence-corrected chi connectivity index (χ2v) is 4.69. The van der Waals surface area contributed by atoms with Gasteiger partial charge in [-0.2, -0.15) is 0 Å². The summed E-state index contributed by atoms with van der Waals surface area (Å²) in [7, 11) is 0. The fourth-order valence-electron chi connectivity index (χ4n) is 2.49. The molecule has 0 saturated heterocycles. The van der Waals surface area contributed by atoms with Gasteiger partial charge in [0.25, 0.3) is 0 Å². The van der Waals surface area contributed by atoms with E-state index < -0.39 is 23.8 Å². The molecule has 0 spiro atoms. The molecular weight excluding hydrogens is 236 g/mol. The predicted octanol–water partition coefficient (Wildman–Crippen LogP) is 0.138. The van der Waals surface area contributed by atoms with Crippen LogP contribution in [0.2, 0.25) is 0 Å². The molecule has 6 nitrogen and oxygen atoms in total. The van der Waals surface area contributed by atoms with Crippen LogP contribution in [0, 0.1) is 11.8 Å². The highest BCUT2D eigenvalue weighted by atomic mass is 16.4. The smallest absolute Gasteiger partial charge is 0.309 e. The van der Waals surface area contributed by atoms with Crippen LogP contribution >= 0.6 is 0 Å². The van der Waals surface area contributed by atoms with Crippen molar-refractivity contribution in [1.82, 2.24) is 10.6 Å². The van der Waals surface area contributed by atoms with Crippen LogP contribution in [0.5, 0.6) is 0 Å². The lowest BCUT2D eigenvalue weighted by molar-refractivity contribution is -0.166. The van der Waals surface area contributed by atoms with Crippen LogP contribution in [0.3, 0.4) is 0 Å². The number of aliphatic carboxylic acids is 2. The summed E-state index contributed by atoms with van der Waals surface area (Å²) in [5.41, 5.74) is 0. The summed E-state index contributed by atoms with van der Waals surface area (Å²) in [4.78, 5) is 22.3. The maximum atomic E-state index is 11.2. The summed E-state index contributed by atoms with van der Waals surface area (Å²) < 4.78 is 0. The normalized spacial score (nSPS) is 30.8. The highest BCUT2D eigenvalue weighted by molar-refractivity contribution is 5.84. The molecule has 1 fully saturated rings. The molecule has 0 aromatic rings. The van der Waals surface area contributed by atoms with Crippen molar-refractivity contribution in [2.75, 3.05) is 13.1 Å². The molecule has 4 unspecified atom stereocenters. The molecule has 0 radical (unpaired) electrons. The average molecular weight is 258 g/mol. The third kappa shape index (κ3) is 3.00. The Balaban J connectivity index is 2.74. The van der Waals surface area contributed by atoms with Gasteiger partial charge in [0.1, 0.15) is 0 Å². The number of hydrogen-bond donors (Lipinski definition) is 4. The molecule has 4 N–H and O–H groups in total. The maximum Gasteiger partial charge on any atom is 0.309 e. The molecule has 0 aromatic carbocycles. The molecule has 4 atom stereocenters. The van der Waals surface area contributed by atoms with Crippen molar-refractivity contribution in [3.8, 4) is 0 Å². The fraction of sp³-hybridized carbons (Fsp3) is 0.833. The molecule has 1 aliphatic carbocycles. The summed E-state index contributed by atoms with van der Waals surface area (Å²) in [5, 5.41) is 24.5. The van der Waals surface area contributed by atoms with Crippen molar-refractivity contribution in [2.45, 2.75) is 38.8 Å². The Labute approximate surface area is 107 Å². The number of nitrogens with one attached hydrogen (secondary N) is 2. The van der Waals surface area contributed by atoms with Crippen LogP contribution < -0.4 is 10.6 Å². The van der Waals surface area contributed by atoms with E-state index in [4.69, 9.17) is 10.2 Å². The minimum Gasteiger partial charge on any atom is -0.481 e. The summed E-state index contributed by atoms with van der Waals surface area (Å²) in [6.07, 6.45) is 1.78. The van der Waals surface area contributed by atoms with E-state index in [1.165, 1.54) is 0 Å². The zero-order valence-corrected chi connectivity index (χ0v) is 10.8. The molecule has 1 aliphatic rings. The first-order chi connectivity index (χ1) is 8.54. The maximum absolute atomic E-state index is 11.2. The first-order valence-electron chi connectivity index (χ1n) is 6.46. The van der Waals surface area contributed by atoms with Crippen LogP contribution in [0.15, 0.2) is 0 Å². The molecular formula is C12H22N2O4. The van der Waals surface area contributed by atoms with E-state index in [2.05, 4.69) is 10.6 Å². The third-order valence-corrected chi connectivity index (χ3v) is 3.38. The van der Waals surface area contributed by atoms with Crippen molar-refractivity contribution in [2.24, 2.45) is 11.8 Å². The van der Waals surface area contributed by atoms with E-state index in [1.807, 2.05) is 13.8 Å². The molecule has 104 valence electrons. The molecule has 0 bridgehead atoms. The van der Waals surface area contributed by atoms with E-state index in [0.29, 0.717) is 13.1 Å². The molecule has 0 aliphatic heterocycles. The highest BCUT2D eigenvalue weighted by Crippen LogP contribution is 2.36. The minimum absolute atomic E-state index is 0.296. The van der Waals surface area contributed by atoms with Crippen molar-refractivity contribution in [1.29, 1.82) is 0 Å². The van der Waals surface area contributed by atoms with Gasteiger partial charge in [-0.25, -0.2) is 0 Å². The van der Waals surface area contributed by atoms with Gasteiger partial charge >= 0.3 is 11.9 Å². The van der Waals surface area contributed by atoms with E-state index in [9.17, 15) is 9.59 Å². The van der Waals surface area contributed by atoms with Gasteiger partial charge in [0.2, 0.25) is 0 Å². The van der Waals surface area contributed by atoms with Gasteiger partial charge < -0.3 is 20.8 Å². The molecule has 0 aromatic heterocycles. The Hall–Kier alpha value is -1.14. The highest BCUT2D eigenvalue weighted by Gasteiger charge is 2.57. The van der Waals surface area contributed by atoms with Crippen molar-refractivity contribution in [3.63, 3.8) is 0 Å². The van der Waals surface area contributed by atoms with E-state index in [-0.39, 0.29) is 12.1 Å². The Morgan fingerprint density at radius 1 is 0.889 bits per heavy atom. The largest absolute Gasteiger partial charge is 0.481 e. The summed E-state index contributed by atoms with van der Waals surface area (Å²) in [5.74, 6) is -3.76. The molecule has 1 saturated carbocycles. The van der Waals surface area contributed by atoms with Crippen molar-refractivity contribution < 1.29 is 19.8 Å². The number of carbonyl (C=O) groups is 2. The first-order valence-corrected chi connectivity index (χ1v) is 6.46. The third-order valence-electron chi connectivity index (χ3n) is 3.38. The lowest BCUT2D eigenvalue weighted by atomic mass is 9.64. The van der Waals surface area contributed by atoms with Crippen LogP contribution in [-0.4, -0.2) is 47.3 Å². The number of carboxylic acids is 2. The standard InChI is InChI=1S/C12H22N2O4/c1-3-5-13-9-7(11(15)16)8(12(17)18)10(9)14-6-4-2/h7-10,13-14H,3-6H2,1-2H3,(H,15,16)(H,17,18). The zero-order valence-electron chi connectivity index (χ0n) is 10.8. The van der Waals surface area contributed by atoms with Crippen LogP contribution in [0.25, 0.3) is 0 Å². The predicted molar refractivity (Wildman–Crippen MR) is 66.4 cm³/mol. The number of rotatable bonds is 8. The van der Waals surface area contributed by atoms with Gasteiger partial charge in [0.05, 0.1) is 11.8 Å². The number of hydrogen-bond acceptors (Lipinski definition) is 4. The molecule has 0 heterocycles. The molecule has 18 heavy (non-hydrogen) atoms. The van der Waals surface area contributed by atoms with Crippen LogP contribution in [-0.2, 0) is 9.59 Å². The second-order valence-electron chi connectivity index (χ2n) is 4.69. The molecule has 0 amide bonds. The van der Waals surface area contributed by atoms with Gasteiger partial charge in [-0.1, -0.05) is 13.8 Å². The Morgan fingerprint density at radius 2 is 1.22 bits per heavy atom. The molecule has 1 rings (SSSR count). The Kier molecular flexibility index (Phi) is 5.55. The van der Waals surface area contributed by atoms with Gasteiger partial charge in [0.15, 0.2) is 0 Å². The van der Waals surface area contributed by atoms with E-state index >= 15 is 0 Å². The quantitative estimate of drug-likeness (QED) is 0.494. The van der Waals surface area contributed by atoms with Crippen molar-refractivity contribution >= 4 is 11.9 Å². The summed E-state index contributed by atoms with van der Waals surface area (Å²) >= 11 is 0. The van der Waals surface area contributed by atoms with Crippen LogP contribution in [0.4, 0.5) is 0 Å². The SMILES string of the molecule is CCCNC1C(NCCC)C(C(=O)O)C1C(=O)O. The first kappa shape index (κ1) is 14.9. The van der Waals surface area contributed by atoms with Crippen LogP contribution in [0.1, 0.15) is 26.7 Å². The molecule has 6 heteroatoms. The lowest BCUT2D eigenvalue weighted by Crippen LogP contribution is -2.71. The van der Waals surface area contributed by atoms with Crippen molar-refractivity contribution in [3.05, 3.63) is 0 Å². The summed E-state index contributed by atoms with van der Waals surface area (Å²) in [6.45, 7) is 5.38. The monoisotopic (exact) mass is 258 g/mol. The zero-order chi connectivity index (χ0) is 13.7.